The molecule has 4 rings (SSSR count). The van der Waals surface area contributed by atoms with Gasteiger partial charge in [0, 0.05) is 32.4 Å². The van der Waals surface area contributed by atoms with Gasteiger partial charge in [0.2, 0.25) is 21.8 Å². The van der Waals surface area contributed by atoms with Gasteiger partial charge in [0.15, 0.2) is 0 Å². The van der Waals surface area contributed by atoms with Crippen LogP contribution >= 0.6 is 0 Å². The molecule has 2 heterocycles. The molecule has 0 bridgehead atoms. The third-order valence-electron chi connectivity index (χ3n) is 7.07. The van der Waals surface area contributed by atoms with Crippen LogP contribution in [0.15, 0.2) is 47.4 Å². The Morgan fingerprint density at radius 1 is 1.15 bits per heavy atom. The van der Waals surface area contributed by atoms with E-state index >= 15 is 0 Å². The Morgan fingerprint density at radius 3 is 2.56 bits per heavy atom. The lowest BCUT2D eigenvalue weighted by Crippen LogP contribution is -2.45. The number of anilines is 1. The van der Waals surface area contributed by atoms with Gasteiger partial charge in [-0.25, -0.2) is 8.42 Å². The largest absolute Gasteiger partial charge is 0.355 e. The molecule has 1 fully saturated rings. The zero-order chi connectivity index (χ0) is 24.7. The van der Waals surface area contributed by atoms with Crippen LogP contribution in [0.25, 0.3) is 0 Å². The van der Waals surface area contributed by atoms with Crippen LogP contribution in [-0.2, 0) is 31.4 Å². The summed E-state index contributed by atoms with van der Waals surface area (Å²) in [7, 11) is -2.07. The molecule has 1 atom stereocenters. The van der Waals surface area contributed by atoms with Gasteiger partial charge in [-0.3, -0.25) is 9.59 Å². The number of hydrogen-bond donors (Lipinski definition) is 1. The number of sulfonamides is 1. The molecule has 2 aliphatic heterocycles. The number of aryl methyl sites for hydroxylation is 1. The van der Waals surface area contributed by atoms with E-state index in [9.17, 15) is 18.0 Å². The van der Waals surface area contributed by atoms with Gasteiger partial charge in [0.1, 0.15) is 0 Å². The van der Waals surface area contributed by atoms with E-state index in [-0.39, 0.29) is 29.2 Å². The van der Waals surface area contributed by atoms with E-state index in [1.54, 1.807) is 30.1 Å². The molecule has 0 radical (unpaired) electrons. The number of rotatable bonds is 6. The van der Waals surface area contributed by atoms with Crippen molar-refractivity contribution in [1.29, 1.82) is 0 Å². The Morgan fingerprint density at radius 2 is 1.85 bits per heavy atom. The van der Waals surface area contributed by atoms with Crippen LogP contribution in [0.3, 0.4) is 0 Å². The summed E-state index contributed by atoms with van der Waals surface area (Å²) in [5, 5.41) is 2.98. The van der Waals surface area contributed by atoms with Gasteiger partial charge in [-0.1, -0.05) is 29.8 Å². The second-order valence-corrected chi connectivity index (χ2v) is 11.8. The molecule has 0 aromatic heterocycles. The average molecular weight is 484 g/mol. The van der Waals surface area contributed by atoms with Crippen LogP contribution in [0, 0.1) is 12.8 Å². The van der Waals surface area contributed by atoms with Gasteiger partial charge in [-0.05, 0) is 69.4 Å². The first-order chi connectivity index (χ1) is 16.0. The Kier molecular flexibility index (Phi) is 6.57. The molecule has 8 heteroatoms. The molecular formula is C26H33N3O4S. The Hall–Kier alpha value is -2.71. The molecule has 2 aromatic rings. The van der Waals surface area contributed by atoms with E-state index in [4.69, 9.17) is 0 Å². The third-order valence-corrected chi connectivity index (χ3v) is 8.93. The fourth-order valence-electron chi connectivity index (χ4n) is 4.87. The van der Waals surface area contributed by atoms with E-state index in [1.807, 2.05) is 20.8 Å². The van der Waals surface area contributed by atoms with E-state index in [2.05, 4.69) is 29.6 Å². The first-order valence-corrected chi connectivity index (χ1v) is 13.2. The van der Waals surface area contributed by atoms with Crippen LogP contribution in [0.1, 0.15) is 43.4 Å². The fourth-order valence-corrected chi connectivity index (χ4v) is 6.42. The highest BCUT2D eigenvalue weighted by Gasteiger charge is 2.43. The van der Waals surface area contributed by atoms with Crippen LogP contribution in [0.2, 0.25) is 0 Å². The third kappa shape index (κ3) is 4.49. The summed E-state index contributed by atoms with van der Waals surface area (Å²) < 4.78 is 28.3. The molecule has 1 unspecified atom stereocenters. The number of hydrogen-bond acceptors (Lipinski definition) is 4. The number of benzene rings is 2. The molecule has 182 valence electrons. The van der Waals surface area contributed by atoms with Crippen molar-refractivity contribution in [2.24, 2.45) is 5.92 Å². The Bertz CT molecular complexity index is 1210. The van der Waals surface area contributed by atoms with Gasteiger partial charge < -0.3 is 10.2 Å². The van der Waals surface area contributed by atoms with E-state index < -0.39 is 15.4 Å². The van der Waals surface area contributed by atoms with Crippen molar-refractivity contribution in [2.45, 2.75) is 50.3 Å². The molecule has 0 aliphatic carbocycles. The lowest BCUT2D eigenvalue weighted by atomic mass is 9.86. The predicted octanol–water partition coefficient (Wildman–Crippen LogP) is 3.01. The average Bonchev–Trinajstić information content (AvgIpc) is 3.00. The van der Waals surface area contributed by atoms with Crippen molar-refractivity contribution in [3.8, 4) is 0 Å². The highest BCUT2D eigenvalue weighted by molar-refractivity contribution is 7.89. The first kappa shape index (κ1) is 24.4. The van der Waals surface area contributed by atoms with Gasteiger partial charge in [0.25, 0.3) is 0 Å². The number of carbonyl (C=O) groups is 2. The molecule has 0 saturated carbocycles. The topological polar surface area (TPSA) is 86.8 Å². The zero-order valence-corrected chi connectivity index (χ0v) is 21.1. The van der Waals surface area contributed by atoms with Gasteiger partial charge in [-0.15, -0.1) is 0 Å². The van der Waals surface area contributed by atoms with Crippen LogP contribution in [-0.4, -0.2) is 51.2 Å². The van der Waals surface area contributed by atoms with E-state index in [0.717, 1.165) is 17.7 Å². The first-order valence-electron chi connectivity index (χ1n) is 11.8. The quantitative estimate of drug-likeness (QED) is 0.684. The summed E-state index contributed by atoms with van der Waals surface area (Å²) in [6.07, 6.45) is 2.03. The van der Waals surface area contributed by atoms with Crippen LogP contribution in [0.4, 0.5) is 5.69 Å². The number of likely N-dealkylation sites (N-methyl/N-ethyl adjacent to an activating group) is 1. The smallest absolute Gasteiger partial charge is 0.243 e. The second-order valence-electron chi connectivity index (χ2n) is 9.90. The summed E-state index contributed by atoms with van der Waals surface area (Å²) in [5.41, 5.74) is 3.02. The molecule has 2 aliphatic rings. The number of carbonyl (C=O) groups excluding carboxylic acids is 2. The molecular weight excluding hydrogens is 450 g/mol. The molecule has 1 saturated heterocycles. The van der Waals surface area contributed by atoms with Crippen molar-refractivity contribution in [1.82, 2.24) is 9.62 Å². The number of fused-ring (bicyclic) bond motifs is 1. The lowest BCUT2D eigenvalue weighted by Gasteiger charge is -2.31. The molecule has 0 spiro atoms. The van der Waals surface area contributed by atoms with E-state index in [1.165, 1.54) is 9.87 Å². The normalized spacial score (nSPS) is 20.3. The molecule has 7 nitrogen and oxygen atoms in total. The van der Waals surface area contributed by atoms with Crippen molar-refractivity contribution in [2.75, 3.05) is 31.6 Å². The van der Waals surface area contributed by atoms with Crippen molar-refractivity contribution in [3.05, 3.63) is 59.2 Å². The van der Waals surface area contributed by atoms with E-state index in [0.29, 0.717) is 31.5 Å². The summed E-state index contributed by atoms with van der Waals surface area (Å²) in [6.45, 7) is 6.73. The predicted molar refractivity (Wildman–Crippen MR) is 132 cm³/mol. The number of nitrogens with zero attached hydrogens (tertiary/aromatic N) is 2. The minimum atomic E-state index is -3.78. The lowest BCUT2D eigenvalue weighted by molar-refractivity contribution is -0.126. The van der Waals surface area contributed by atoms with Crippen LogP contribution < -0.4 is 10.2 Å². The minimum Gasteiger partial charge on any atom is -0.355 e. The number of nitrogens with one attached hydrogen (secondary N) is 1. The van der Waals surface area contributed by atoms with Gasteiger partial charge in [-0.2, -0.15) is 4.31 Å². The fraction of sp³-hybridized carbons (Fsp3) is 0.462. The monoisotopic (exact) mass is 483 g/mol. The zero-order valence-electron chi connectivity index (χ0n) is 20.3. The van der Waals surface area contributed by atoms with Crippen LogP contribution in [0.5, 0.6) is 0 Å². The Balaban J connectivity index is 1.43. The van der Waals surface area contributed by atoms with Crippen molar-refractivity contribution < 1.29 is 18.0 Å². The maximum atomic E-state index is 13.5. The summed E-state index contributed by atoms with van der Waals surface area (Å²) in [4.78, 5) is 27.1. The minimum absolute atomic E-state index is 0.0580. The second kappa shape index (κ2) is 9.15. The maximum absolute atomic E-state index is 13.5. The molecule has 34 heavy (non-hydrogen) atoms. The molecule has 2 amide bonds. The highest BCUT2D eigenvalue weighted by Crippen LogP contribution is 2.42. The maximum Gasteiger partial charge on any atom is 0.243 e. The summed E-state index contributed by atoms with van der Waals surface area (Å²) in [5.74, 6) is -0.535. The van der Waals surface area contributed by atoms with Gasteiger partial charge in [0.05, 0.1) is 16.2 Å². The Labute approximate surface area is 202 Å². The van der Waals surface area contributed by atoms with Gasteiger partial charge >= 0.3 is 0 Å². The SMILES string of the molecule is Cc1ccc(CCNC(=O)C2CCCN(S(=O)(=O)c3ccc4c(c3)C(C)(C)C(=O)N4C)C2)cc1. The number of piperidine rings is 1. The summed E-state index contributed by atoms with van der Waals surface area (Å²) in [6, 6.07) is 13.1. The summed E-state index contributed by atoms with van der Waals surface area (Å²) >= 11 is 0. The van der Waals surface area contributed by atoms with Crippen molar-refractivity contribution >= 4 is 27.5 Å². The van der Waals surface area contributed by atoms with Crippen molar-refractivity contribution in [3.63, 3.8) is 0 Å². The number of amides is 2. The molecule has 1 N–H and O–H groups in total. The standard InChI is InChI=1S/C26H33N3O4S/c1-18-7-9-19(10-8-18)13-14-27-24(30)20-6-5-15-29(17-20)34(32,33)21-11-12-23-22(16-21)26(2,3)25(31)28(23)4/h7-12,16,20H,5-6,13-15,17H2,1-4H3,(H,27,30). The molecule has 2 aromatic carbocycles. The highest BCUT2D eigenvalue weighted by atomic mass is 32.2.